The third-order valence-corrected chi connectivity index (χ3v) is 4.07. The SMILES string of the molecule is Cc1nc(-n2cc(-c3ccc(C4CNC(=O)C4)cc3)cn2)n[nH]1. The number of aryl methyl sites for hydroxylation is 1. The second-order valence-electron chi connectivity index (χ2n) is 5.72. The zero-order chi connectivity index (χ0) is 15.8. The second-order valence-corrected chi connectivity index (χ2v) is 5.72. The zero-order valence-corrected chi connectivity index (χ0v) is 12.7. The Morgan fingerprint density at radius 2 is 2.04 bits per heavy atom. The lowest BCUT2D eigenvalue weighted by atomic mass is 9.96. The van der Waals surface area contributed by atoms with Gasteiger partial charge in [0.05, 0.1) is 6.20 Å². The van der Waals surface area contributed by atoms with Gasteiger partial charge in [0.25, 0.3) is 5.95 Å². The fraction of sp³-hybridized carbons (Fsp3) is 0.250. The summed E-state index contributed by atoms with van der Waals surface area (Å²) in [7, 11) is 0. The van der Waals surface area contributed by atoms with Crippen LogP contribution >= 0.6 is 0 Å². The van der Waals surface area contributed by atoms with Gasteiger partial charge in [-0.3, -0.25) is 9.89 Å². The van der Waals surface area contributed by atoms with E-state index in [1.54, 1.807) is 10.9 Å². The lowest BCUT2D eigenvalue weighted by molar-refractivity contribution is -0.119. The Labute approximate surface area is 132 Å². The van der Waals surface area contributed by atoms with Crippen molar-refractivity contribution < 1.29 is 4.79 Å². The minimum Gasteiger partial charge on any atom is -0.355 e. The average Bonchev–Trinajstić information content (AvgIpc) is 3.28. The fourth-order valence-electron chi connectivity index (χ4n) is 2.80. The predicted octanol–water partition coefficient (Wildman–Crippen LogP) is 1.57. The predicted molar refractivity (Wildman–Crippen MR) is 84.0 cm³/mol. The molecule has 1 atom stereocenters. The summed E-state index contributed by atoms with van der Waals surface area (Å²) in [4.78, 5) is 15.6. The van der Waals surface area contributed by atoms with Gasteiger partial charge in [0.2, 0.25) is 5.91 Å². The lowest BCUT2D eigenvalue weighted by Gasteiger charge is -2.08. The van der Waals surface area contributed by atoms with Crippen LogP contribution in [0.3, 0.4) is 0 Å². The Morgan fingerprint density at radius 1 is 1.22 bits per heavy atom. The van der Waals surface area contributed by atoms with Crippen LogP contribution in [-0.2, 0) is 4.79 Å². The highest BCUT2D eigenvalue weighted by atomic mass is 16.1. The van der Waals surface area contributed by atoms with Crippen LogP contribution < -0.4 is 5.32 Å². The van der Waals surface area contributed by atoms with E-state index < -0.39 is 0 Å². The van der Waals surface area contributed by atoms with Gasteiger partial charge in [0.15, 0.2) is 0 Å². The van der Waals surface area contributed by atoms with E-state index in [1.165, 1.54) is 5.56 Å². The van der Waals surface area contributed by atoms with Crippen LogP contribution in [0.4, 0.5) is 0 Å². The average molecular weight is 308 g/mol. The van der Waals surface area contributed by atoms with Crippen LogP contribution in [0.2, 0.25) is 0 Å². The van der Waals surface area contributed by atoms with Crippen molar-refractivity contribution in [1.82, 2.24) is 30.3 Å². The van der Waals surface area contributed by atoms with Crippen LogP contribution in [0.25, 0.3) is 17.1 Å². The Balaban J connectivity index is 1.56. The monoisotopic (exact) mass is 308 g/mol. The summed E-state index contributed by atoms with van der Waals surface area (Å²) in [5, 5.41) is 14.1. The van der Waals surface area contributed by atoms with Crippen molar-refractivity contribution in [2.24, 2.45) is 0 Å². The number of carbonyl (C=O) groups is 1. The zero-order valence-electron chi connectivity index (χ0n) is 12.7. The molecule has 0 bridgehead atoms. The van der Waals surface area contributed by atoms with Crippen LogP contribution in [0.5, 0.6) is 0 Å². The Hall–Kier alpha value is -2.96. The van der Waals surface area contributed by atoms with Crippen LogP contribution in [0.15, 0.2) is 36.7 Å². The number of nitrogens with zero attached hydrogens (tertiary/aromatic N) is 4. The molecule has 1 fully saturated rings. The van der Waals surface area contributed by atoms with E-state index in [-0.39, 0.29) is 11.8 Å². The minimum atomic E-state index is 0.127. The third-order valence-electron chi connectivity index (χ3n) is 4.07. The number of rotatable bonds is 3. The molecule has 116 valence electrons. The molecule has 2 aromatic heterocycles. The van der Waals surface area contributed by atoms with Crippen molar-refractivity contribution in [2.45, 2.75) is 19.3 Å². The largest absolute Gasteiger partial charge is 0.355 e. The summed E-state index contributed by atoms with van der Waals surface area (Å²) in [6.45, 7) is 2.57. The molecule has 1 saturated heterocycles. The van der Waals surface area contributed by atoms with Crippen molar-refractivity contribution >= 4 is 5.91 Å². The lowest BCUT2D eigenvalue weighted by Crippen LogP contribution is -2.13. The van der Waals surface area contributed by atoms with Crippen molar-refractivity contribution in [3.63, 3.8) is 0 Å². The van der Waals surface area contributed by atoms with E-state index in [1.807, 2.05) is 13.1 Å². The summed E-state index contributed by atoms with van der Waals surface area (Å²) in [6, 6.07) is 8.27. The number of aromatic amines is 1. The Bertz CT molecular complexity index is 848. The third kappa shape index (κ3) is 2.61. The number of carbonyl (C=O) groups excluding carboxylic acids is 1. The van der Waals surface area contributed by atoms with Gasteiger partial charge in [-0.1, -0.05) is 24.3 Å². The number of H-pyrrole nitrogens is 1. The van der Waals surface area contributed by atoms with Gasteiger partial charge in [-0.15, -0.1) is 5.10 Å². The number of aromatic nitrogens is 5. The molecule has 0 aliphatic carbocycles. The number of benzene rings is 1. The summed E-state index contributed by atoms with van der Waals surface area (Å²) >= 11 is 0. The van der Waals surface area contributed by atoms with Gasteiger partial charge in [-0.25, -0.2) is 4.68 Å². The number of hydrogen-bond donors (Lipinski definition) is 2. The van der Waals surface area contributed by atoms with Gasteiger partial charge in [-0.05, 0) is 18.1 Å². The molecule has 0 spiro atoms. The van der Waals surface area contributed by atoms with Gasteiger partial charge < -0.3 is 5.32 Å². The smallest absolute Gasteiger partial charge is 0.269 e. The van der Waals surface area contributed by atoms with Gasteiger partial charge in [-0.2, -0.15) is 10.1 Å². The quantitative estimate of drug-likeness (QED) is 0.768. The molecule has 0 radical (unpaired) electrons. The molecule has 7 nitrogen and oxygen atoms in total. The van der Waals surface area contributed by atoms with Crippen LogP contribution in [-0.4, -0.2) is 37.4 Å². The van der Waals surface area contributed by atoms with Crippen molar-refractivity contribution in [1.29, 1.82) is 0 Å². The summed E-state index contributed by atoms with van der Waals surface area (Å²) in [6.07, 6.45) is 4.26. The molecule has 0 saturated carbocycles. The highest BCUT2D eigenvalue weighted by Crippen LogP contribution is 2.26. The molecular formula is C16H16N6O. The number of amides is 1. The van der Waals surface area contributed by atoms with E-state index >= 15 is 0 Å². The standard InChI is InChI=1S/C16H16N6O/c1-10-19-16(21-20-10)22-9-14(8-18-22)12-4-2-11(3-5-12)13-6-15(23)17-7-13/h2-5,8-9,13H,6-7H2,1H3,(H,17,23)(H,19,20,21). The second kappa shape index (κ2) is 5.35. The van der Waals surface area contributed by atoms with Crippen molar-refractivity contribution in [2.75, 3.05) is 6.54 Å². The summed E-state index contributed by atoms with van der Waals surface area (Å²) in [5.41, 5.74) is 3.26. The van der Waals surface area contributed by atoms with Gasteiger partial charge in [0, 0.05) is 30.6 Å². The van der Waals surface area contributed by atoms with Crippen molar-refractivity contribution in [3.05, 3.63) is 48.0 Å². The maximum atomic E-state index is 11.3. The van der Waals surface area contributed by atoms with E-state index in [0.29, 0.717) is 12.4 Å². The number of nitrogens with one attached hydrogen (secondary N) is 2. The van der Waals surface area contributed by atoms with Gasteiger partial charge in [0.1, 0.15) is 5.82 Å². The first-order valence-corrected chi connectivity index (χ1v) is 7.50. The first kappa shape index (κ1) is 13.7. The molecule has 3 aromatic rings. The molecule has 2 N–H and O–H groups in total. The van der Waals surface area contributed by atoms with Crippen LogP contribution in [0.1, 0.15) is 23.7 Å². The van der Waals surface area contributed by atoms with Gasteiger partial charge >= 0.3 is 0 Å². The van der Waals surface area contributed by atoms with Crippen molar-refractivity contribution in [3.8, 4) is 17.1 Å². The normalized spacial score (nSPS) is 17.4. The highest BCUT2D eigenvalue weighted by molar-refractivity contribution is 5.79. The topological polar surface area (TPSA) is 88.5 Å². The molecule has 1 amide bonds. The minimum absolute atomic E-state index is 0.127. The highest BCUT2D eigenvalue weighted by Gasteiger charge is 2.22. The molecule has 23 heavy (non-hydrogen) atoms. The summed E-state index contributed by atoms with van der Waals surface area (Å²) < 4.78 is 1.65. The first-order valence-electron chi connectivity index (χ1n) is 7.50. The molecule has 1 aliphatic heterocycles. The number of hydrogen-bond acceptors (Lipinski definition) is 4. The molecule has 4 rings (SSSR count). The fourth-order valence-corrected chi connectivity index (χ4v) is 2.80. The van der Waals surface area contributed by atoms with E-state index in [2.05, 4.69) is 49.9 Å². The van der Waals surface area contributed by atoms with Crippen LogP contribution in [0, 0.1) is 6.92 Å². The molecule has 1 unspecified atom stereocenters. The molecule has 1 aliphatic rings. The molecule has 7 heteroatoms. The Kier molecular flexibility index (Phi) is 3.18. The van der Waals surface area contributed by atoms with E-state index in [4.69, 9.17) is 0 Å². The first-order chi connectivity index (χ1) is 11.2. The molecular weight excluding hydrogens is 292 g/mol. The summed E-state index contributed by atoms with van der Waals surface area (Å²) in [5.74, 6) is 1.68. The maximum absolute atomic E-state index is 11.3. The molecule has 3 heterocycles. The van der Waals surface area contributed by atoms with E-state index in [0.717, 1.165) is 23.5 Å². The Morgan fingerprint density at radius 3 is 2.70 bits per heavy atom. The molecule has 1 aromatic carbocycles. The maximum Gasteiger partial charge on any atom is 0.269 e. The van der Waals surface area contributed by atoms with E-state index in [9.17, 15) is 4.79 Å².